The Labute approximate surface area is 243 Å². The maximum absolute atomic E-state index is 4.71. The molecule has 2 aliphatic carbocycles. The van der Waals surface area contributed by atoms with Crippen LogP contribution in [0, 0.1) is 10.8 Å². The topological polar surface area (TPSA) is 0 Å². The lowest BCUT2D eigenvalue weighted by Crippen LogP contribution is -2.08. The average molecular weight is 527 g/mol. The largest absolute Gasteiger partial charge is 0.0988 e. The molecule has 0 unspecified atom stereocenters. The maximum atomic E-state index is 4.71. The van der Waals surface area contributed by atoms with Crippen molar-refractivity contribution in [2.45, 2.75) is 68.2 Å². The van der Waals surface area contributed by atoms with Crippen molar-refractivity contribution in [2.75, 3.05) is 0 Å². The molecule has 4 rings (SSSR count). The Hall–Kier alpha value is -3.64. The van der Waals surface area contributed by atoms with Gasteiger partial charge >= 0.3 is 0 Å². The molecule has 2 aliphatic rings. The van der Waals surface area contributed by atoms with Gasteiger partial charge in [0.1, 0.15) is 0 Å². The maximum Gasteiger partial charge on any atom is -0.00231 e. The Bertz CT molecular complexity index is 1600. The predicted octanol–water partition coefficient (Wildman–Crippen LogP) is 12.1. The normalized spacial score (nSPS) is 15.9. The van der Waals surface area contributed by atoms with Crippen LogP contribution in [0.15, 0.2) is 109 Å². The van der Waals surface area contributed by atoms with Crippen LogP contribution < -0.4 is 0 Å². The number of hydrogen-bond donors (Lipinski definition) is 0. The third kappa shape index (κ3) is 5.25. The molecule has 0 fully saturated rings. The molecule has 0 spiro atoms. The Kier molecular flexibility index (Phi) is 7.88. The van der Waals surface area contributed by atoms with E-state index in [1.165, 1.54) is 38.6 Å². The summed E-state index contributed by atoms with van der Waals surface area (Å²) in [5.74, 6) is 0. The summed E-state index contributed by atoms with van der Waals surface area (Å²) in [6.45, 7) is 35.6. The molecule has 206 valence electrons. The standard InChI is InChI=1S/C40H46/c1-13-29(39(7,8)9)22-25(3)27(5)35-24-36-32-19-16-15-18-31(32)33-20-17-21-34(38(33)36)37(35)28(6)26(4)23-30(14-2)40(10,11)12/h13-15,17-18,20-24H,1,3,5-6,16,19H2,2,4,7-12H3. The molecule has 40 heavy (non-hydrogen) atoms. The monoisotopic (exact) mass is 526 g/mol. The summed E-state index contributed by atoms with van der Waals surface area (Å²) < 4.78 is 0. The molecule has 0 nitrogen and oxygen atoms in total. The molecule has 0 radical (unpaired) electrons. The zero-order valence-corrected chi connectivity index (χ0v) is 26.0. The van der Waals surface area contributed by atoms with E-state index < -0.39 is 0 Å². The fraction of sp³-hybridized carbons (Fsp3) is 0.300. The van der Waals surface area contributed by atoms with Crippen molar-refractivity contribution < 1.29 is 0 Å². The number of fused-ring (bicyclic) bond motifs is 2. The van der Waals surface area contributed by atoms with E-state index in [9.17, 15) is 0 Å². The van der Waals surface area contributed by atoms with E-state index in [1.807, 2.05) is 6.08 Å². The molecule has 0 amide bonds. The minimum absolute atomic E-state index is 0.0346. The highest BCUT2D eigenvalue weighted by atomic mass is 14.3. The van der Waals surface area contributed by atoms with E-state index in [1.54, 1.807) is 0 Å². The molecule has 0 heterocycles. The van der Waals surface area contributed by atoms with Crippen molar-refractivity contribution in [3.8, 4) is 0 Å². The van der Waals surface area contributed by atoms with Gasteiger partial charge < -0.3 is 0 Å². The first-order valence-electron chi connectivity index (χ1n) is 14.5. The Morgan fingerprint density at radius 2 is 1.55 bits per heavy atom. The van der Waals surface area contributed by atoms with E-state index in [-0.39, 0.29) is 10.8 Å². The van der Waals surface area contributed by atoms with Crippen LogP contribution >= 0.6 is 0 Å². The Morgan fingerprint density at radius 3 is 2.15 bits per heavy atom. The van der Waals surface area contributed by atoms with E-state index in [0.717, 1.165) is 51.8 Å². The van der Waals surface area contributed by atoms with Gasteiger partial charge in [-0.3, -0.25) is 0 Å². The molecule has 0 aromatic heterocycles. The SMILES string of the molecule is C=CC(=CC(=C)C(=C)c1cc2c3c(cccc3c1C(=C)C(C)=CC(=CC)C(C)(C)C)C1=C2CCC=C1)C(C)(C)C. The molecular formula is C40H46. The summed E-state index contributed by atoms with van der Waals surface area (Å²) in [6, 6.07) is 9.09. The molecule has 0 atom stereocenters. The van der Waals surface area contributed by atoms with Crippen molar-refractivity contribution in [2.24, 2.45) is 10.8 Å². The molecule has 0 N–H and O–H groups in total. The van der Waals surface area contributed by atoms with E-state index in [2.05, 4.69) is 130 Å². The van der Waals surface area contributed by atoms with Gasteiger partial charge in [0.15, 0.2) is 0 Å². The molecule has 0 bridgehead atoms. The minimum Gasteiger partial charge on any atom is -0.0988 e. The highest BCUT2D eigenvalue weighted by Crippen LogP contribution is 2.50. The van der Waals surface area contributed by atoms with Crippen LogP contribution in [0.5, 0.6) is 0 Å². The second-order valence-electron chi connectivity index (χ2n) is 13.3. The van der Waals surface area contributed by atoms with Gasteiger partial charge in [-0.2, -0.15) is 0 Å². The van der Waals surface area contributed by atoms with E-state index in [0.29, 0.717) is 0 Å². The zero-order chi connectivity index (χ0) is 29.6. The first-order valence-corrected chi connectivity index (χ1v) is 14.5. The lowest BCUT2D eigenvalue weighted by Gasteiger charge is -2.24. The van der Waals surface area contributed by atoms with Gasteiger partial charge in [0.2, 0.25) is 0 Å². The van der Waals surface area contributed by atoms with E-state index in [4.69, 9.17) is 6.58 Å². The van der Waals surface area contributed by atoms with Crippen LogP contribution in [-0.4, -0.2) is 0 Å². The second-order valence-corrected chi connectivity index (χ2v) is 13.3. The summed E-state index contributed by atoms with van der Waals surface area (Å²) >= 11 is 0. The summed E-state index contributed by atoms with van der Waals surface area (Å²) in [5.41, 5.74) is 14.2. The highest BCUT2D eigenvalue weighted by Gasteiger charge is 2.28. The number of benzene rings is 2. The Morgan fingerprint density at radius 1 is 0.875 bits per heavy atom. The Balaban J connectivity index is 2.00. The van der Waals surface area contributed by atoms with Gasteiger partial charge in [0.25, 0.3) is 0 Å². The zero-order valence-electron chi connectivity index (χ0n) is 26.0. The average Bonchev–Trinajstić information content (AvgIpc) is 3.22. The first kappa shape index (κ1) is 29.3. The summed E-state index contributed by atoms with van der Waals surface area (Å²) in [4.78, 5) is 0. The summed E-state index contributed by atoms with van der Waals surface area (Å²) in [6.07, 6.45) is 15.3. The summed E-state index contributed by atoms with van der Waals surface area (Å²) in [7, 11) is 0. The lowest BCUT2D eigenvalue weighted by atomic mass is 9.80. The van der Waals surface area contributed by atoms with Gasteiger partial charge in [-0.15, -0.1) is 0 Å². The van der Waals surface area contributed by atoms with Crippen LogP contribution in [0.1, 0.15) is 90.5 Å². The number of rotatable bonds is 7. The van der Waals surface area contributed by atoms with Crippen molar-refractivity contribution in [1.29, 1.82) is 0 Å². The predicted molar refractivity (Wildman–Crippen MR) is 181 cm³/mol. The highest BCUT2D eigenvalue weighted by molar-refractivity contribution is 6.20. The van der Waals surface area contributed by atoms with Crippen molar-refractivity contribution in [3.05, 3.63) is 132 Å². The quantitative estimate of drug-likeness (QED) is 0.315. The third-order valence-electron chi connectivity index (χ3n) is 8.40. The van der Waals surface area contributed by atoms with Gasteiger partial charge in [-0.25, -0.2) is 0 Å². The van der Waals surface area contributed by atoms with Gasteiger partial charge in [0, 0.05) is 0 Å². The van der Waals surface area contributed by atoms with Gasteiger partial charge in [0.05, 0.1) is 0 Å². The molecule has 2 aromatic rings. The molecule has 0 aliphatic heterocycles. The van der Waals surface area contributed by atoms with Gasteiger partial charge in [-0.05, 0) is 121 Å². The summed E-state index contributed by atoms with van der Waals surface area (Å²) in [5, 5.41) is 2.57. The molecular weight excluding hydrogens is 480 g/mol. The number of hydrogen-bond acceptors (Lipinski definition) is 0. The third-order valence-corrected chi connectivity index (χ3v) is 8.40. The fourth-order valence-electron chi connectivity index (χ4n) is 5.99. The second kappa shape index (κ2) is 10.7. The van der Waals surface area contributed by atoms with Crippen molar-refractivity contribution in [1.82, 2.24) is 0 Å². The van der Waals surface area contributed by atoms with Crippen molar-refractivity contribution >= 4 is 33.1 Å². The first-order chi connectivity index (χ1) is 18.7. The van der Waals surface area contributed by atoms with E-state index >= 15 is 0 Å². The van der Waals surface area contributed by atoms with Crippen LogP contribution in [0.25, 0.3) is 33.1 Å². The fourth-order valence-corrected chi connectivity index (χ4v) is 5.99. The van der Waals surface area contributed by atoms with Crippen LogP contribution in [0.2, 0.25) is 0 Å². The molecule has 0 heteroatoms. The van der Waals surface area contributed by atoms with Crippen LogP contribution in [0.4, 0.5) is 0 Å². The van der Waals surface area contributed by atoms with Gasteiger partial charge in [-0.1, -0.05) is 123 Å². The smallest absolute Gasteiger partial charge is 0.00231 e. The molecule has 2 aromatic carbocycles. The minimum atomic E-state index is -0.0346. The van der Waals surface area contributed by atoms with Crippen LogP contribution in [0.3, 0.4) is 0 Å². The lowest BCUT2D eigenvalue weighted by molar-refractivity contribution is 0.516. The van der Waals surface area contributed by atoms with Crippen molar-refractivity contribution in [3.63, 3.8) is 0 Å². The number of allylic oxidation sites excluding steroid dienone is 14. The van der Waals surface area contributed by atoms with Crippen LogP contribution in [-0.2, 0) is 0 Å². The molecule has 0 saturated carbocycles. The molecule has 0 saturated heterocycles.